The fourth-order valence-corrected chi connectivity index (χ4v) is 2.33. The Balaban J connectivity index is 2.53. The molecule has 5 heteroatoms. The number of rotatable bonds is 4. The van der Waals surface area contributed by atoms with Gasteiger partial charge in [0.15, 0.2) is 5.76 Å². The second kappa shape index (κ2) is 5.36. The number of aromatic nitrogens is 1. The molecule has 0 aliphatic carbocycles. The Bertz CT molecular complexity index is 650. The summed E-state index contributed by atoms with van der Waals surface area (Å²) in [4.78, 5) is 24.4. The molecule has 0 atom stereocenters. The van der Waals surface area contributed by atoms with Crippen LogP contribution in [-0.2, 0) is 11.8 Å². The van der Waals surface area contributed by atoms with Crippen LogP contribution in [0.4, 0.5) is 0 Å². The van der Waals surface area contributed by atoms with Gasteiger partial charge in [0, 0.05) is 12.7 Å². The van der Waals surface area contributed by atoms with Gasteiger partial charge in [-0.2, -0.15) is 0 Å². The van der Waals surface area contributed by atoms with Crippen molar-refractivity contribution in [2.24, 2.45) is 7.05 Å². The van der Waals surface area contributed by atoms with E-state index in [0.717, 1.165) is 0 Å². The lowest BCUT2D eigenvalue weighted by Gasteiger charge is -2.05. The van der Waals surface area contributed by atoms with Crippen molar-refractivity contribution >= 4 is 11.8 Å². The number of furan rings is 1. The van der Waals surface area contributed by atoms with E-state index in [0.29, 0.717) is 29.1 Å². The standard InChI is InChI=1S/C15H17NO4/c1-5-19-15(18)13-9(2)12(10(3)16(13)4)14(17)11-7-6-8-20-11/h6-8H,5H2,1-4H3. The first kappa shape index (κ1) is 14.1. The monoisotopic (exact) mass is 275 g/mol. The average molecular weight is 275 g/mol. The molecule has 106 valence electrons. The summed E-state index contributed by atoms with van der Waals surface area (Å²) in [7, 11) is 1.74. The van der Waals surface area contributed by atoms with Crippen LogP contribution in [0.1, 0.15) is 44.8 Å². The SMILES string of the molecule is CCOC(=O)c1c(C)c(C(=O)c2ccco2)c(C)n1C. The largest absolute Gasteiger partial charge is 0.461 e. The van der Waals surface area contributed by atoms with E-state index < -0.39 is 5.97 Å². The number of ketones is 1. The molecule has 2 rings (SSSR count). The lowest BCUT2D eigenvalue weighted by atomic mass is 10.0. The van der Waals surface area contributed by atoms with Gasteiger partial charge in [-0.3, -0.25) is 4.79 Å². The number of esters is 1. The van der Waals surface area contributed by atoms with E-state index >= 15 is 0 Å². The van der Waals surface area contributed by atoms with Crippen molar-refractivity contribution < 1.29 is 18.7 Å². The number of ether oxygens (including phenoxy) is 1. The topological polar surface area (TPSA) is 61.4 Å². The summed E-state index contributed by atoms with van der Waals surface area (Å²) >= 11 is 0. The van der Waals surface area contributed by atoms with Crippen LogP contribution in [0.5, 0.6) is 0 Å². The zero-order valence-corrected chi connectivity index (χ0v) is 12.0. The van der Waals surface area contributed by atoms with Crippen LogP contribution < -0.4 is 0 Å². The molecule has 0 aliphatic rings. The molecular formula is C15H17NO4. The van der Waals surface area contributed by atoms with Gasteiger partial charge in [0.25, 0.3) is 0 Å². The molecule has 0 N–H and O–H groups in total. The van der Waals surface area contributed by atoms with E-state index in [1.54, 1.807) is 44.5 Å². The fourth-order valence-electron chi connectivity index (χ4n) is 2.33. The van der Waals surface area contributed by atoms with E-state index in [1.165, 1.54) is 6.26 Å². The van der Waals surface area contributed by atoms with Crippen molar-refractivity contribution in [3.05, 3.63) is 46.7 Å². The average Bonchev–Trinajstić information content (AvgIpc) is 2.99. The molecule has 2 heterocycles. The number of nitrogens with zero attached hydrogens (tertiary/aromatic N) is 1. The molecule has 0 saturated carbocycles. The Morgan fingerprint density at radius 1 is 1.35 bits per heavy atom. The first-order chi connectivity index (χ1) is 9.49. The highest BCUT2D eigenvalue weighted by molar-refractivity contribution is 6.10. The van der Waals surface area contributed by atoms with Crippen molar-refractivity contribution in [1.82, 2.24) is 4.57 Å². The van der Waals surface area contributed by atoms with Crippen molar-refractivity contribution in [1.29, 1.82) is 0 Å². The summed E-state index contributed by atoms with van der Waals surface area (Å²) in [6.45, 7) is 5.59. The maximum atomic E-state index is 12.4. The molecule has 5 nitrogen and oxygen atoms in total. The Labute approximate surface area is 117 Å². The van der Waals surface area contributed by atoms with E-state index in [9.17, 15) is 9.59 Å². The summed E-state index contributed by atoms with van der Waals surface area (Å²) in [5.74, 6) is -0.387. The molecule has 0 bridgehead atoms. The second-order valence-corrected chi connectivity index (χ2v) is 4.52. The summed E-state index contributed by atoms with van der Waals surface area (Å²) in [6, 6.07) is 3.27. The molecule has 0 amide bonds. The zero-order chi connectivity index (χ0) is 14.9. The minimum atomic E-state index is -0.422. The molecular weight excluding hydrogens is 258 g/mol. The van der Waals surface area contributed by atoms with E-state index in [2.05, 4.69) is 0 Å². The zero-order valence-electron chi connectivity index (χ0n) is 12.0. The van der Waals surface area contributed by atoms with Crippen molar-refractivity contribution in [3.8, 4) is 0 Å². The van der Waals surface area contributed by atoms with Gasteiger partial charge in [0.05, 0.1) is 18.4 Å². The molecule has 0 aliphatic heterocycles. The number of carbonyl (C=O) groups is 2. The quantitative estimate of drug-likeness (QED) is 0.635. The van der Waals surface area contributed by atoms with Crippen LogP contribution in [0.2, 0.25) is 0 Å². The van der Waals surface area contributed by atoms with Crippen LogP contribution in [0, 0.1) is 13.8 Å². The van der Waals surface area contributed by atoms with Crippen molar-refractivity contribution in [2.75, 3.05) is 6.61 Å². The molecule has 2 aromatic rings. The third-order valence-corrected chi connectivity index (χ3v) is 3.37. The predicted molar refractivity (Wildman–Crippen MR) is 73.0 cm³/mol. The minimum absolute atomic E-state index is 0.226. The number of hydrogen-bond acceptors (Lipinski definition) is 4. The molecule has 0 aromatic carbocycles. The molecule has 20 heavy (non-hydrogen) atoms. The summed E-state index contributed by atoms with van der Waals surface area (Å²) in [5.41, 5.74) is 2.22. The lowest BCUT2D eigenvalue weighted by Crippen LogP contribution is -2.11. The molecule has 0 radical (unpaired) electrons. The van der Waals surface area contributed by atoms with Crippen LogP contribution in [-0.4, -0.2) is 22.9 Å². The van der Waals surface area contributed by atoms with Crippen molar-refractivity contribution in [2.45, 2.75) is 20.8 Å². The fraction of sp³-hybridized carbons (Fsp3) is 0.333. The maximum Gasteiger partial charge on any atom is 0.355 e. The molecule has 0 saturated heterocycles. The Hall–Kier alpha value is -2.30. The highest BCUT2D eigenvalue weighted by atomic mass is 16.5. The van der Waals surface area contributed by atoms with Gasteiger partial charge in [-0.15, -0.1) is 0 Å². The predicted octanol–water partition coefficient (Wildman–Crippen LogP) is 2.64. The highest BCUT2D eigenvalue weighted by Crippen LogP contribution is 2.24. The van der Waals surface area contributed by atoms with E-state index in [1.807, 2.05) is 0 Å². The molecule has 0 fully saturated rings. The minimum Gasteiger partial charge on any atom is -0.461 e. The Morgan fingerprint density at radius 3 is 2.60 bits per heavy atom. The van der Waals surface area contributed by atoms with E-state index in [4.69, 9.17) is 9.15 Å². The van der Waals surface area contributed by atoms with Gasteiger partial charge in [-0.1, -0.05) is 0 Å². The van der Waals surface area contributed by atoms with Gasteiger partial charge in [-0.25, -0.2) is 4.79 Å². The van der Waals surface area contributed by atoms with E-state index in [-0.39, 0.29) is 11.5 Å². The molecule has 0 spiro atoms. The first-order valence-corrected chi connectivity index (χ1v) is 6.40. The Morgan fingerprint density at radius 2 is 2.05 bits per heavy atom. The molecule has 0 unspecified atom stereocenters. The summed E-state index contributed by atoms with van der Waals surface area (Å²) in [6.07, 6.45) is 1.45. The van der Waals surface area contributed by atoms with Gasteiger partial charge < -0.3 is 13.7 Å². The van der Waals surface area contributed by atoms with Gasteiger partial charge >= 0.3 is 5.97 Å². The smallest absolute Gasteiger partial charge is 0.355 e. The molecule has 2 aromatic heterocycles. The summed E-state index contributed by atoms with van der Waals surface area (Å²) in [5, 5.41) is 0. The lowest BCUT2D eigenvalue weighted by molar-refractivity contribution is 0.0514. The maximum absolute atomic E-state index is 12.4. The Kier molecular flexibility index (Phi) is 3.79. The first-order valence-electron chi connectivity index (χ1n) is 6.40. The van der Waals surface area contributed by atoms with Gasteiger partial charge in [0.2, 0.25) is 5.78 Å². The summed E-state index contributed by atoms with van der Waals surface area (Å²) < 4.78 is 11.9. The second-order valence-electron chi connectivity index (χ2n) is 4.52. The third kappa shape index (κ3) is 2.15. The van der Waals surface area contributed by atoms with Crippen LogP contribution in [0.3, 0.4) is 0 Å². The van der Waals surface area contributed by atoms with Crippen LogP contribution >= 0.6 is 0 Å². The number of hydrogen-bond donors (Lipinski definition) is 0. The van der Waals surface area contributed by atoms with Gasteiger partial charge in [0.1, 0.15) is 5.69 Å². The van der Waals surface area contributed by atoms with Crippen molar-refractivity contribution in [3.63, 3.8) is 0 Å². The normalized spacial score (nSPS) is 10.6. The highest BCUT2D eigenvalue weighted by Gasteiger charge is 2.27. The van der Waals surface area contributed by atoms with Crippen LogP contribution in [0.15, 0.2) is 22.8 Å². The number of carbonyl (C=O) groups excluding carboxylic acids is 2. The van der Waals surface area contributed by atoms with Gasteiger partial charge in [-0.05, 0) is 38.5 Å². The van der Waals surface area contributed by atoms with Crippen LogP contribution in [0.25, 0.3) is 0 Å². The third-order valence-electron chi connectivity index (χ3n) is 3.37.